The van der Waals surface area contributed by atoms with Gasteiger partial charge >= 0.3 is 5.97 Å². The van der Waals surface area contributed by atoms with Gasteiger partial charge in [-0.05, 0) is 12.1 Å². The van der Waals surface area contributed by atoms with Crippen molar-refractivity contribution in [3.05, 3.63) is 29.8 Å². The van der Waals surface area contributed by atoms with E-state index < -0.39 is 5.92 Å². The van der Waals surface area contributed by atoms with Gasteiger partial charge in [0.05, 0.1) is 13.0 Å². The molecule has 1 atom stereocenters. The number of anilines is 1. The summed E-state index contributed by atoms with van der Waals surface area (Å²) in [5, 5.41) is 0. The standard InChI is InChI=1S/C12H15NO3/c1-8(12(15)16-2)7-11(14)9-5-3-4-6-10(9)13/h3-6,8H,7,13H2,1-2H3. The first-order valence-corrected chi connectivity index (χ1v) is 5.01. The summed E-state index contributed by atoms with van der Waals surface area (Å²) in [5.41, 5.74) is 6.56. The van der Waals surface area contributed by atoms with Crippen LogP contribution >= 0.6 is 0 Å². The Morgan fingerprint density at radius 2 is 2.00 bits per heavy atom. The van der Waals surface area contributed by atoms with E-state index in [0.29, 0.717) is 11.3 Å². The van der Waals surface area contributed by atoms with Crippen LogP contribution in [0.4, 0.5) is 5.69 Å². The summed E-state index contributed by atoms with van der Waals surface area (Å²) in [5.74, 6) is -0.976. The van der Waals surface area contributed by atoms with Crippen LogP contribution < -0.4 is 5.73 Å². The van der Waals surface area contributed by atoms with Gasteiger partial charge in [0.25, 0.3) is 0 Å². The zero-order valence-electron chi connectivity index (χ0n) is 9.40. The number of benzene rings is 1. The van der Waals surface area contributed by atoms with Crippen molar-refractivity contribution < 1.29 is 14.3 Å². The Morgan fingerprint density at radius 3 is 2.56 bits per heavy atom. The highest BCUT2D eigenvalue weighted by Crippen LogP contribution is 2.16. The molecule has 0 aliphatic carbocycles. The summed E-state index contributed by atoms with van der Waals surface area (Å²) >= 11 is 0. The number of hydrogen-bond acceptors (Lipinski definition) is 4. The molecule has 0 aliphatic rings. The topological polar surface area (TPSA) is 69.4 Å². The number of ether oxygens (including phenoxy) is 1. The average molecular weight is 221 g/mol. The van der Waals surface area contributed by atoms with Crippen molar-refractivity contribution in [3.8, 4) is 0 Å². The van der Waals surface area contributed by atoms with E-state index in [0.717, 1.165) is 0 Å². The van der Waals surface area contributed by atoms with Crippen LogP contribution in [0.3, 0.4) is 0 Å². The van der Waals surface area contributed by atoms with E-state index in [-0.39, 0.29) is 18.2 Å². The largest absolute Gasteiger partial charge is 0.469 e. The first kappa shape index (κ1) is 12.2. The van der Waals surface area contributed by atoms with E-state index in [4.69, 9.17) is 5.73 Å². The molecular formula is C12H15NO3. The minimum Gasteiger partial charge on any atom is -0.469 e. The Bertz CT molecular complexity index is 401. The molecule has 0 spiro atoms. The SMILES string of the molecule is COC(=O)C(C)CC(=O)c1ccccc1N. The molecular weight excluding hydrogens is 206 g/mol. The van der Waals surface area contributed by atoms with Crippen molar-refractivity contribution in [2.75, 3.05) is 12.8 Å². The molecule has 0 aliphatic heterocycles. The molecule has 4 nitrogen and oxygen atoms in total. The van der Waals surface area contributed by atoms with Crippen LogP contribution in [0.2, 0.25) is 0 Å². The molecule has 16 heavy (non-hydrogen) atoms. The number of nitrogens with two attached hydrogens (primary N) is 1. The van der Waals surface area contributed by atoms with Gasteiger partial charge in [0.2, 0.25) is 0 Å². The molecule has 0 fully saturated rings. The Labute approximate surface area is 94.4 Å². The lowest BCUT2D eigenvalue weighted by Gasteiger charge is -2.09. The zero-order chi connectivity index (χ0) is 12.1. The van der Waals surface area contributed by atoms with Crippen LogP contribution in [0.15, 0.2) is 24.3 Å². The van der Waals surface area contributed by atoms with Crippen LogP contribution in [0.1, 0.15) is 23.7 Å². The molecule has 1 rings (SSSR count). The predicted molar refractivity (Wildman–Crippen MR) is 61.0 cm³/mol. The Hall–Kier alpha value is -1.84. The number of carbonyl (C=O) groups excluding carboxylic acids is 2. The van der Waals surface area contributed by atoms with Crippen LogP contribution in [-0.4, -0.2) is 18.9 Å². The summed E-state index contributed by atoms with van der Waals surface area (Å²) < 4.78 is 4.56. The number of Topliss-reactive ketones (excluding diaryl/α,β-unsaturated/α-hetero) is 1. The number of methoxy groups -OCH3 is 1. The van der Waals surface area contributed by atoms with Crippen LogP contribution in [-0.2, 0) is 9.53 Å². The van der Waals surface area contributed by atoms with Crippen LogP contribution in [0.25, 0.3) is 0 Å². The fraction of sp³-hybridized carbons (Fsp3) is 0.333. The normalized spacial score (nSPS) is 11.9. The highest BCUT2D eigenvalue weighted by Gasteiger charge is 2.19. The number of carbonyl (C=O) groups is 2. The minimum atomic E-state index is -0.447. The highest BCUT2D eigenvalue weighted by molar-refractivity contribution is 6.02. The summed E-state index contributed by atoms with van der Waals surface area (Å²) in [4.78, 5) is 23.0. The van der Waals surface area contributed by atoms with E-state index in [1.165, 1.54) is 7.11 Å². The second-order valence-corrected chi connectivity index (χ2v) is 3.64. The first-order valence-electron chi connectivity index (χ1n) is 5.01. The van der Waals surface area contributed by atoms with E-state index in [2.05, 4.69) is 4.74 Å². The fourth-order valence-corrected chi connectivity index (χ4v) is 1.42. The molecule has 0 amide bonds. The summed E-state index contributed by atoms with van der Waals surface area (Å²) in [7, 11) is 1.31. The lowest BCUT2D eigenvalue weighted by Crippen LogP contribution is -2.17. The van der Waals surface area contributed by atoms with Gasteiger partial charge < -0.3 is 10.5 Å². The van der Waals surface area contributed by atoms with Gasteiger partial charge in [-0.2, -0.15) is 0 Å². The van der Waals surface area contributed by atoms with Crippen LogP contribution in [0.5, 0.6) is 0 Å². The number of rotatable bonds is 4. The molecule has 1 aromatic carbocycles. The maximum atomic E-state index is 11.8. The molecule has 0 saturated carbocycles. The zero-order valence-corrected chi connectivity index (χ0v) is 9.40. The van der Waals surface area contributed by atoms with Crippen molar-refractivity contribution in [2.24, 2.45) is 5.92 Å². The number of para-hydroxylation sites is 1. The number of hydrogen-bond donors (Lipinski definition) is 1. The van der Waals surface area contributed by atoms with Crippen molar-refractivity contribution in [2.45, 2.75) is 13.3 Å². The fourth-order valence-electron chi connectivity index (χ4n) is 1.42. The molecule has 0 radical (unpaired) electrons. The molecule has 4 heteroatoms. The van der Waals surface area contributed by atoms with Crippen LogP contribution in [0, 0.1) is 5.92 Å². The van der Waals surface area contributed by atoms with Gasteiger partial charge in [-0.3, -0.25) is 9.59 Å². The monoisotopic (exact) mass is 221 g/mol. The third-order valence-electron chi connectivity index (χ3n) is 2.36. The third-order valence-corrected chi connectivity index (χ3v) is 2.36. The van der Waals surface area contributed by atoms with Gasteiger partial charge in [0.1, 0.15) is 0 Å². The lowest BCUT2D eigenvalue weighted by atomic mass is 9.99. The maximum Gasteiger partial charge on any atom is 0.308 e. The van der Waals surface area contributed by atoms with E-state index in [1.807, 2.05) is 0 Å². The lowest BCUT2D eigenvalue weighted by molar-refractivity contribution is -0.144. The Morgan fingerprint density at radius 1 is 1.38 bits per heavy atom. The Balaban J connectivity index is 2.73. The number of esters is 1. The molecule has 0 saturated heterocycles. The highest BCUT2D eigenvalue weighted by atomic mass is 16.5. The molecule has 86 valence electrons. The van der Waals surface area contributed by atoms with Crippen molar-refractivity contribution in [1.29, 1.82) is 0 Å². The quantitative estimate of drug-likeness (QED) is 0.477. The van der Waals surface area contributed by atoms with Gasteiger partial charge in [0, 0.05) is 17.7 Å². The summed E-state index contributed by atoms with van der Waals surface area (Å²) in [6.07, 6.45) is 0.112. The minimum absolute atomic E-state index is 0.112. The molecule has 2 N–H and O–H groups in total. The summed E-state index contributed by atoms with van der Waals surface area (Å²) in [6.45, 7) is 1.66. The molecule has 0 bridgehead atoms. The number of nitrogen functional groups attached to an aromatic ring is 1. The Kier molecular flexibility index (Phi) is 4.05. The molecule has 0 heterocycles. The maximum absolute atomic E-state index is 11.8. The molecule has 1 unspecified atom stereocenters. The molecule has 0 aromatic heterocycles. The van der Waals surface area contributed by atoms with E-state index in [9.17, 15) is 9.59 Å². The predicted octanol–water partition coefficient (Wildman–Crippen LogP) is 1.65. The van der Waals surface area contributed by atoms with Gasteiger partial charge in [0.15, 0.2) is 5.78 Å². The second-order valence-electron chi connectivity index (χ2n) is 3.64. The molecule has 1 aromatic rings. The second kappa shape index (κ2) is 5.30. The van der Waals surface area contributed by atoms with Crippen molar-refractivity contribution in [3.63, 3.8) is 0 Å². The van der Waals surface area contributed by atoms with Gasteiger partial charge in [-0.1, -0.05) is 19.1 Å². The first-order chi connectivity index (χ1) is 7.56. The van der Waals surface area contributed by atoms with Crippen molar-refractivity contribution >= 4 is 17.4 Å². The smallest absolute Gasteiger partial charge is 0.308 e. The van der Waals surface area contributed by atoms with Gasteiger partial charge in [-0.25, -0.2) is 0 Å². The summed E-state index contributed by atoms with van der Waals surface area (Å²) in [6, 6.07) is 6.82. The van der Waals surface area contributed by atoms with E-state index >= 15 is 0 Å². The van der Waals surface area contributed by atoms with Crippen molar-refractivity contribution in [1.82, 2.24) is 0 Å². The third kappa shape index (κ3) is 2.82. The van der Waals surface area contributed by atoms with E-state index in [1.54, 1.807) is 31.2 Å². The number of ketones is 1. The van der Waals surface area contributed by atoms with Gasteiger partial charge in [-0.15, -0.1) is 0 Å². The average Bonchev–Trinajstić information content (AvgIpc) is 2.28.